The molecule has 0 aliphatic heterocycles. The SMILES string of the molecule is COc1ccc(NC(=O)c2ccc(OC)c(NC(=O)CF)c2)cc1. The molecule has 6 nitrogen and oxygen atoms in total. The Hall–Kier alpha value is -3.09. The molecule has 24 heavy (non-hydrogen) atoms. The molecule has 0 radical (unpaired) electrons. The Morgan fingerprint density at radius 3 is 2.29 bits per heavy atom. The van der Waals surface area contributed by atoms with Gasteiger partial charge in [-0.3, -0.25) is 9.59 Å². The summed E-state index contributed by atoms with van der Waals surface area (Å²) >= 11 is 0. The van der Waals surface area contributed by atoms with Crippen LogP contribution in [-0.4, -0.2) is 32.7 Å². The van der Waals surface area contributed by atoms with Gasteiger partial charge in [0.25, 0.3) is 11.8 Å². The Labute approximate surface area is 138 Å². The summed E-state index contributed by atoms with van der Waals surface area (Å²) in [5.74, 6) is -0.189. The van der Waals surface area contributed by atoms with Gasteiger partial charge in [0.15, 0.2) is 6.67 Å². The van der Waals surface area contributed by atoms with E-state index in [0.29, 0.717) is 22.7 Å². The molecule has 0 aliphatic carbocycles. The molecule has 0 spiro atoms. The predicted octanol–water partition coefficient (Wildman–Crippen LogP) is 2.86. The van der Waals surface area contributed by atoms with E-state index in [9.17, 15) is 14.0 Å². The minimum Gasteiger partial charge on any atom is -0.497 e. The number of nitrogens with one attached hydrogen (secondary N) is 2. The van der Waals surface area contributed by atoms with E-state index in [-0.39, 0.29) is 11.6 Å². The van der Waals surface area contributed by atoms with Crippen LogP contribution in [0.1, 0.15) is 10.4 Å². The van der Waals surface area contributed by atoms with Crippen LogP contribution in [0.3, 0.4) is 0 Å². The van der Waals surface area contributed by atoms with Crippen LogP contribution in [0.4, 0.5) is 15.8 Å². The Morgan fingerprint density at radius 1 is 1.00 bits per heavy atom. The van der Waals surface area contributed by atoms with E-state index in [1.807, 2.05) is 0 Å². The molecule has 7 heteroatoms. The van der Waals surface area contributed by atoms with Crippen LogP contribution in [0.2, 0.25) is 0 Å². The first-order valence-corrected chi connectivity index (χ1v) is 7.06. The third-order valence-electron chi connectivity index (χ3n) is 3.21. The Morgan fingerprint density at radius 2 is 1.71 bits per heavy atom. The zero-order valence-corrected chi connectivity index (χ0v) is 13.3. The van der Waals surface area contributed by atoms with Gasteiger partial charge >= 0.3 is 0 Å². The highest BCUT2D eigenvalue weighted by Crippen LogP contribution is 2.26. The van der Waals surface area contributed by atoms with Gasteiger partial charge in [-0.1, -0.05) is 0 Å². The lowest BCUT2D eigenvalue weighted by Gasteiger charge is -2.12. The standard InChI is InChI=1S/C17H17FN2O4/c1-23-13-6-4-12(5-7-13)19-17(22)11-3-8-15(24-2)14(9-11)20-16(21)10-18/h3-9H,10H2,1-2H3,(H,19,22)(H,20,21). The largest absolute Gasteiger partial charge is 0.497 e. The van der Waals surface area contributed by atoms with Crippen LogP contribution in [0.25, 0.3) is 0 Å². The summed E-state index contributed by atoms with van der Waals surface area (Å²) < 4.78 is 22.5. The molecule has 126 valence electrons. The summed E-state index contributed by atoms with van der Waals surface area (Å²) in [6.07, 6.45) is 0. The summed E-state index contributed by atoms with van der Waals surface area (Å²) in [6, 6.07) is 11.3. The van der Waals surface area contributed by atoms with Gasteiger partial charge in [-0.05, 0) is 42.5 Å². The fraction of sp³-hybridized carbons (Fsp3) is 0.176. The predicted molar refractivity (Wildman–Crippen MR) is 88.5 cm³/mol. The summed E-state index contributed by atoms with van der Waals surface area (Å²) in [6.45, 7) is -1.16. The van der Waals surface area contributed by atoms with Crippen molar-refractivity contribution in [3.8, 4) is 11.5 Å². The molecular weight excluding hydrogens is 315 g/mol. The molecular formula is C17H17FN2O4. The number of benzene rings is 2. The number of carbonyl (C=O) groups excluding carboxylic acids is 2. The molecule has 2 rings (SSSR count). The molecule has 2 aromatic rings. The van der Waals surface area contributed by atoms with E-state index in [2.05, 4.69) is 10.6 Å². The molecule has 0 saturated heterocycles. The minimum absolute atomic E-state index is 0.225. The van der Waals surface area contributed by atoms with Gasteiger partial charge in [0.05, 0.1) is 19.9 Å². The van der Waals surface area contributed by atoms with Crippen molar-refractivity contribution in [1.82, 2.24) is 0 Å². The van der Waals surface area contributed by atoms with Crippen LogP contribution >= 0.6 is 0 Å². The number of hydrogen-bond donors (Lipinski definition) is 2. The van der Waals surface area contributed by atoms with Crippen LogP contribution in [0, 0.1) is 0 Å². The first-order chi connectivity index (χ1) is 11.6. The maximum atomic E-state index is 12.4. The molecule has 2 aromatic carbocycles. The second-order valence-corrected chi connectivity index (χ2v) is 4.78. The first-order valence-electron chi connectivity index (χ1n) is 7.06. The van der Waals surface area contributed by atoms with Crippen LogP contribution in [0.15, 0.2) is 42.5 Å². The number of ether oxygens (including phenoxy) is 2. The van der Waals surface area contributed by atoms with Gasteiger partial charge < -0.3 is 20.1 Å². The maximum absolute atomic E-state index is 12.4. The van der Waals surface area contributed by atoms with Crippen molar-refractivity contribution in [1.29, 1.82) is 0 Å². The zero-order valence-electron chi connectivity index (χ0n) is 13.3. The second-order valence-electron chi connectivity index (χ2n) is 4.78. The Kier molecular flexibility index (Phi) is 5.73. The van der Waals surface area contributed by atoms with Gasteiger partial charge in [-0.2, -0.15) is 0 Å². The number of halogens is 1. The fourth-order valence-corrected chi connectivity index (χ4v) is 2.01. The molecule has 0 aromatic heterocycles. The van der Waals surface area contributed by atoms with Gasteiger partial charge in [0.1, 0.15) is 11.5 Å². The summed E-state index contributed by atoms with van der Waals surface area (Å²) in [4.78, 5) is 23.5. The van der Waals surface area contributed by atoms with E-state index in [1.165, 1.54) is 19.2 Å². The second kappa shape index (κ2) is 7.96. The first kappa shape index (κ1) is 17.3. The van der Waals surface area contributed by atoms with Crippen LogP contribution in [0.5, 0.6) is 11.5 Å². The number of carbonyl (C=O) groups is 2. The Bertz CT molecular complexity index is 732. The third kappa shape index (κ3) is 4.22. The molecule has 0 unspecified atom stereocenters. The summed E-state index contributed by atoms with van der Waals surface area (Å²) in [5.41, 5.74) is 1.11. The van der Waals surface area contributed by atoms with Crippen molar-refractivity contribution in [3.05, 3.63) is 48.0 Å². The molecule has 0 aliphatic rings. The van der Waals surface area contributed by atoms with Crippen molar-refractivity contribution in [3.63, 3.8) is 0 Å². The molecule has 0 atom stereocenters. The van der Waals surface area contributed by atoms with E-state index in [1.54, 1.807) is 37.4 Å². The third-order valence-corrected chi connectivity index (χ3v) is 3.21. The highest BCUT2D eigenvalue weighted by molar-refractivity contribution is 6.05. The van der Waals surface area contributed by atoms with Gasteiger partial charge in [0, 0.05) is 11.3 Å². The molecule has 0 saturated carbocycles. The zero-order chi connectivity index (χ0) is 17.5. The number of methoxy groups -OCH3 is 2. The van der Waals surface area contributed by atoms with Gasteiger partial charge in [-0.15, -0.1) is 0 Å². The minimum atomic E-state index is -1.16. The van der Waals surface area contributed by atoms with Crippen LogP contribution in [-0.2, 0) is 4.79 Å². The van der Waals surface area contributed by atoms with E-state index in [0.717, 1.165) is 0 Å². The van der Waals surface area contributed by atoms with Crippen molar-refractivity contribution < 1.29 is 23.5 Å². The molecule has 2 N–H and O–H groups in total. The fourth-order valence-electron chi connectivity index (χ4n) is 2.01. The lowest BCUT2D eigenvalue weighted by Crippen LogP contribution is -2.16. The topological polar surface area (TPSA) is 76.7 Å². The number of rotatable bonds is 6. The lowest BCUT2D eigenvalue weighted by molar-refractivity contribution is -0.117. The van der Waals surface area contributed by atoms with Crippen molar-refractivity contribution >= 4 is 23.2 Å². The number of anilines is 2. The maximum Gasteiger partial charge on any atom is 0.255 e. The Balaban J connectivity index is 2.18. The highest BCUT2D eigenvalue weighted by Gasteiger charge is 2.12. The summed E-state index contributed by atoms with van der Waals surface area (Å²) in [7, 11) is 2.97. The molecule has 2 amide bonds. The van der Waals surface area contributed by atoms with Crippen LogP contribution < -0.4 is 20.1 Å². The normalized spacial score (nSPS) is 9.96. The average Bonchev–Trinajstić information content (AvgIpc) is 2.62. The van der Waals surface area contributed by atoms with E-state index in [4.69, 9.17) is 9.47 Å². The highest BCUT2D eigenvalue weighted by atomic mass is 19.1. The van der Waals surface area contributed by atoms with Crippen molar-refractivity contribution in [2.24, 2.45) is 0 Å². The summed E-state index contributed by atoms with van der Waals surface area (Å²) in [5, 5.41) is 5.07. The smallest absolute Gasteiger partial charge is 0.255 e. The monoisotopic (exact) mass is 332 g/mol. The average molecular weight is 332 g/mol. The van der Waals surface area contributed by atoms with Gasteiger partial charge in [0.2, 0.25) is 0 Å². The number of amides is 2. The molecule has 0 bridgehead atoms. The molecule has 0 fully saturated rings. The number of hydrogen-bond acceptors (Lipinski definition) is 4. The van der Waals surface area contributed by atoms with Crippen molar-refractivity contribution in [2.45, 2.75) is 0 Å². The van der Waals surface area contributed by atoms with Gasteiger partial charge in [-0.25, -0.2) is 4.39 Å². The lowest BCUT2D eigenvalue weighted by atomic mass is 10.1. The van der Waals surface area contributed by atoms with E-state index < -0.39 is 12.6 Å². The van der Waals surface area contributed by atoms with E-state index >= 15 is 0 Å². The number of alkyl halides is 1. The van der Waals surface area contributed by atoms with Crippen molar-refractivity contribution in [2.75, 3.05) is 31.5 Å². The quantitative estimate of drug-likeness (QED) is 0.853. The molecule has 0 heterocycles.